The molecule has 1 heterocycles. The number of hydrogen-bond acceptors (Lipinski definition) is 3. The van der Waals surface area contributed by atoms with E-state index in [9.17, 15) is 13.2 Å². The van der Waals surface area contributed by atoms with Crippen molar-refractivity contribution in [2.75, 3.05) is 24.5 Å². The summed E-state index contributed by atoms with van der Waals surface area (Å²) < 4.78 is 37.8. The monoisotopic (exact) mass is 303 g/mol. The second kappa shape index (κ2) is 8.22. The molecule has 0 saturated heterocycles. The molecule has 0 fully saturated rings. The van der Waals surface area contributed by atoms with Crippen molar-refractivity contribution < 1.29 is 13.2 Å². The second-order valence-corrected chi connectivity index (χ2v) is 5.15. The standard InChI is InChI=1S/C15H24F3N3/c1-4-8-19-12(3)14-7-6-13(10-20-14)21(9-5-2)11-15(16,17)18/h6-7,10,12,19H,4-5,8-9,11H2,1-3H3. The minimum Gasteiger partial charge on any atom is -0.361 e. The Labute approximate surface area is 124 Å². The summed E-state index contributed by atoms with van der Waals surface area (Å²) in [6.07, 6.45) is -0.991. The van der Waals surface area contributed by atoms with Crippen molar-refractivity contribution in [1.82, 2.24) is 10.3 Å². The quantitative estimate of drug-likeness (QED) is 0.789. The van der Waals surface area contributed by atoms with E-state index in [1.54, 1.807) is 12.1 Å². The summed E-state index contributed by atoms with van der Waals surface area (Å²) >= 11 is 0. The van der Waals surface area contributed by atoms with Crippen molar-refractivity contribution >= 4 is 5.69 Å². The third-order valence-corrected chi connectivity index (χ3v) is 3.14. The Hall–Kier alpha value is -1.30. The van der Waals surface area contributed by atoms with E-state index < -0.39 is 12.7 Å². The lowest BCUT2D eigenvalue weighted by Gasteiger charge is -2.25. The molecule has 21 heavy (non-hydrogen) atoms. The van der Waals surface area contributed by atoms with E-state index in [0.717, 1.165) is 18.7 Å². The molecule has 0 saturated carbocycles. The molecule has 0 aromatic carbocycles. The second-order valence-electron chi connectivity index (χ2n) is 5.15. The minimum atomic E-state index is -4.20. The van der Waals surface area contributed by atoms with Crippen LogP contribution in [0.4, 0.5) is 18.9 Å². The van der Waals surface area contributed by atoms with Gasteiger partial charge >= 0.3 is 6.18 Å². The zero-order chi connectivity index (χ0) is 15.9. The van der Waals surface area contributed by atoms with Crippen molar-refractivity contribution in [3.63, 3.8) is 0 Å². The van der Waals surface area contributed by atoms with Crippen LogP contribution in [0.2, 0.25) is 0 Å². The molecule has 120 valence electrons. The van der Waals surface area contributed by atoms with Gasteiger partial charge in [0.15, 0.2) is 0 Å². The van der Waals surface area contributed by atoms with Crippen LogP contribution in [0, 0.1) is 0 Å². The van der Waals surface area contributed by atoms with E-state index in [-0.39, 0.29) is 6.04 Å². The number of aromatic nitrogens is 1. The van der Waals surface area contributed by atoms with Gasteiger partial charge < -0.3 is 10.2 Å². The molecule has 0 radical (unpaired) electrons. The first-order valence-electron chi connectivity index (χ1n) is 7.38. The predicted octanol–water partition coefficient (Wildman–Crippen LogP) is 3.92. The molecule has 0 aliphatic heterocycles. The van der Waals surface area contributed by atoms with Crippen LogP contribution in [0.1, 0.15) is 45.3 Å². The summed E-state index contributed by atoms with van der Waals surface area (Å²) in [4.78, 5) is 5.61. The van der Waals surface area contributed by atoms with Crippen molar-refractivity contribution in [3.8, 4) is 0 Å². The van der Waals surface area contributed by atoms with Gasteiger partial charge in [-0.3, -0.25) is 4.98 Å². The van der Waals surface area contributed by atoms with Crippen LogP contribution in [0.3, 0.4) is 0 Å². The lowest BCUT2D eigenvalue weighted by atomic mass is 10.2. The van der Waals surface area contributed by atoms with Crippen LogP contribution < -0.4 is 10.2 Å². The Kier molecular flexibility index (Phi) is 6.95. The lowest BCUT2D eigenvalue weighted by molar-refractivity contribution is -0.119. The van der Waals surface area contributed by atoms with Gasteiger partial charge in [0.25, 0.3) is 0 Å². The highest BCUT2D eigenvalue weighted by molar-refractivity contribution is 5.45. The van der Waals surface area contributed by atoms with Gasteiger partial charge in [0, 0.05) is 12.6 Å². The van der Waals surface area contributed by atoms with Crippen LogP contribution in [-0.4, -0.2) is 30.8 Å². The predicted molar refractivity (Wildman–Crippen MR) is 79.5 cm³/mol. The fraction of sp³-hybridized carbons (Fsp3) is 0.667. The Bertz CT molecular complexity index is 404. The first-order chi connectivity index (χ1) is 9.87. The highest BCUT2D eigenvalue weighted by Crippen LogP contribution is 2.22. The van der Waals surface area contributed by atoms with E-state index in [0.29, 0.717) is 18.7 Å². The molecule has 1 atom stereocenters. The number of rotatable bonds is 8. The molecule has 6 heteroatoms. The highest BCUT2D eigenvalue weighted by Gasteiger charge is 2.30. The molecule has 0 bridgehead atoms. The van der Waals surface area contributed by atoms with Crippen molar-refractivity contribution in [2.45, 2.75) is 45.8 Å². The normalized spacial score (nSPS) is 13.2. The Balaban J connectivity index is 2.77. The van der Waals surface area contributed by atoms with E-state index in [2.05, 4.69) is 17.2 Å². The molecule has 0 amide bonds. The Morgan fingerprint density at radius 2 is 1.95 bits per heavy atom. The Morgan fingerprint density at radius 3 is 2.43 bits per heavy atom. The molecule has 0 aliphatic rings. The van der Waals surface area contributed by atoms with Gasteiger partial charge in [-0.05, 0) is 38.4 Å². The summed E-state index contributed by atoms with van der Waals surface area (Å²) in [7, 11) is 0. The summed E-state index contributed by atoms with van der Waals surface area (Å²) in [6.45, 7) is 6.26. The van der Waals surface area contributed by atoms with Gasteiger partial charge in [0.2, 0.25) is 0 Å². The van der Waals surface area contributed by atoms with Crippen LogP contribution in [0.15, 0.2) is 18.3 Å². The van der Waals surface area contributed by atoms with Crippen LogP contribution >= 0.6 is 0 Å². The number of nitrogens with zero attached hydrogens (tertiary/aromatic N) is 2. The van der Waals surface area contributed by atoms with Gasteiger partial charge in [0.05, 0.1) is 17.6 Å². The number of anilines is 1. The zero-order valence-electron chi connectivity index (χ0n) is 12.9. The summed E-state index contributed by atoms with van der Waals surface area (Å²) in [5.74, 6) is 0. The van der Waals surface area contributed by atoms with Crippen LogP contribution in [-0.2, 0) is 0 Å². The highest BCUT2D eigenvalue weighted by atomic mass is 19.4. The lowest BCUT2D eigenvalue weighted by Crippen LogP contribution is -2.35. The number of nitrogens with one attached hydrogen (secondary N) is 1. The fourth-order valence-electron chi connectivity index (χ4n) is 2.09. The van der Waals surface area contributed by atoms with Gasteiger partial charge in [-0.25, -0.2) is 0 Å². The van der Waals surface area contributed by atoms with E-state index in [1.807, 2.05) is 13.8 Å². The maximum atomic E-state index is 12.6. The molecule has 0 spiro atoms. The number of halogens is 3. The van der Waals surface area contributed by atoms with Crippen LogP contribution in [0.5, 0.6) is 0 Å². The van der Waals surface area contributed by atoms with E-state index >= 15 is 0 Å². The van der Waals surface area contributed by atoms with Crippen molar-refractivity contribution in [2.24, 2.45) is 0 Å². The first kappa shape index (κ1) is 17.8. The average Bonchev–Trinajstić information content (AvgIpc) is 2.43. The van der Waals surface area contributed by atoms with Crippen LogP contribution in [0.25, 0.3) is 0 Å². The van der Waals surface area contributed by atoms with Gasteiger partial charge in [-0.1, -0.05) is 13.8 Å². The van der Waals surface area contributed by atoms with Gasteiger partial charge in [-0.2, -0.15) is 13.2 Å². The molecule has 1 rings (SSSR count). The topological polar surface area (TPSA) is 28.2 Å². The molecule has 3 nitrogen and oxygen atoms in total. The molecule has 1 aromatic heterocycles. The molecule has 1 unspecified atom stereocenters. The number of alkyl halides is 3. The molecule has 1 N–H and O–H groups in total. The molecular weight excluding hydrogens is 279 g/mol. The maximum absolute atomic E-state index is 12.6. The third-order valence-electron chi connectivity index (χ3n) is 3.14. The van der Waals surface area contributed by atoms with Crippen molar-refractivity contribution in [3.05, 3.63) is 24.0 Å². The van der Waals surface area contributed by atoms with Gasteiger partial charge in [-0.15, -0.1) is 0 Å². The third kappa shape index (κ3) is 6.33. The van der Waals surface area contributed by atoms with E-state index in [1.165, 1.54) is 11.1 Å². The summed E-state index contributed by atoms with van der Waals surface area (Å²) in [5, 5.41) is 3.30. The smallest absolute Gasteiger partial charge is 0.361 e. The molecular formula is C15H24F3N3. The Morgan fingerprint density at radius 1 is 1.24 bits per heavy atom. The average molecular weight is 303 g/mol. The largest absolute Gasteiger partial charge is 0.405 e. The fourth-order valence-corrected chi connectivity index (χ4v) is 2.09. The minimum absolute atomic E-state index is 0.0984. The van der Waals surface area contributed by atoms with Gasteiger partial charge in [0.1, 0.15) is 6.54 Å². The molecule has 1 aromatic rings. The maximum Gasteiger partial charge on any atom is 0.405 e. The SMILES string of the molecule is CCCNC(C)c1ccc(N(CCC)CC(F)(F)F)cn1. The zero-order valence-corrected chi connectivity index (χ0v) is 12.9. The van der Waals surface area contributed by atoms with Crippen molar-refractivity contribution in [1.29, 1.82) is 0 Å². The van der Waals surface area contributed by atoms with E-state index in [4.69, 9.17) is 0 Å². The first-order valence-corrected chi connectivity index (χ1v) is 7.38. The molecule has 0 aliphatic carbocycles. The number of hydrogen-bond donors (Lipinski definition) is 1. The number of pyridine rings is 1. The summed E-state index contributed by atoms with van der Waals surface area (Å²) in [5.41, 5.74) is 1.36. The summed E-state index contributed by atoms with van der Waals surface area (Å²) in [6, 6.07) is 3.61.